The van der Waals surface area contributed by atoms with Gasteiger partial charge < -0.3 is 14.7 Å². The molecule has 50 heavy (non-hydrogen) atoms. The highest BCUT2D eigenvalue weighted by molar-refractivity contribution is 6.01. The maximum absolute atomic E-state index is 6.11. The first-order valence-electron chi connectivity index (χ1n) is 16.7. The average molecular weight is 645 g/mol. The Hall–Kier alpha value is -6.72. The van der Waals surface area contributed by atoms with E-state index in [0.717, 1.165) is 89.4 Å². The highest BCUT2D eigenvalue weighted by atomic mass is 16.5. The van der Waals surface area contributed by atoms with Crippen molar-refractivity contribution in [1.82, 2.24) is 19.9 Å². The predicted octanol–water partition coefficient (Wildman–Crippen LogP) is 11.3. The first-order valence-corrected chi connectivity index (χ1v) is 16.7. The third-order valence-electron chi connectivity index (χ3n) is 9.30. The fourth-order valence-corrected chi connectivity index (χ4v) is 7.04. The first kappa shape index (κ1) is 29.4. The van der Waals surface area contributed by atoms with Crippen LogP contribution in [0.1, 0.15) is 22.8 Å². The van der Waals surface area contributed by atoms with Crippen molar-refractivity contribution in [3.8, 4) is 44.5 Å². The molecule has 0 atom stereocenters. The summed E-state index contributed by atoms with van der Waals surface area (Å²) in [7, 11) is 1.71. The number of hydrogen-bond acceptors (Lipinski definition) is 3. The number of hydrogen-bond donors (Lipinski definition) is 2. The van der Waals surface area contributed by atoms with E-state index in [1.54, 1.807) is 7.11 Å². The zero-order chi connectivity index (χ0) is 33.4. The van der Waals surface area contributed by atoms with Crippen LogP contribution in [0.3, 0.4) is 0 Å². The van der Waals surface area contributed by atoms with E-state index in [9.17, 15) is 0 Å². The lowest BCUT2D eigenvalue weighted by molar-refractivity contribution is 0.372. The van der Waals surface area contributed by atoms with Crippen LogP contribution in [0, 0.1) is 0 Å². The lowest BCUT2D eigenvalue weighted by Crippen LogP contribution is -1.92. The van der Waals surface area contributed by atoms with E-state index >= 15 is 0 Å². The second-order valence-electron chi connectivity index (χ2n) is 12.3. The van der Waals surface area contributed by atoms with Crippen LogP contribution < -0.4 is 0 Å². The number of methoxy groups -OCH3 is 1. The summed E-state index contributed by atoms with van der Waals surface area (Å²) < 4.78 is 6.11. The number of ether oxygens (including phenoxy) is 1. The molecule has 5 heterocycles. The summed E-state index contributed by atoms with van der Waals surface area (Å²) >= 11 is 0. The molecule has 238 valence electrons. The van der Waals surface area contributed by atoms with Crippen LogP contribution in [0.5, 0.6) is 0 Å². The predicted molar refractivity (Wildman–Crippen MR) is 207 cm³/mol. The molecule has 9 rings (SSSR count). The fourth-order valence-electron chi connectivity index (χ4n) is 7.04. The highest BCUT2D eigenvalue weighted by Gasteiger charge is 2.22. The van der Waals surface area contributed by atoms with Crippen LogP contribution in [-0.2, 0) is 4.74 Å². The molecule has 0 saturated carbocycles. The minimum absolute atomic E-state index is 0.699. The maximum Gasteiger partial charge on any atom is 0.147 e. The summed E-state index contributed by atoms with van der Waals surface area (Å²) in [6.07, 6.45) is 6.30. The van der Waals surface area contributed by atoms with Gasteiger partial charge in [0, 0.05) is 50.4 Å². The van der Waals surface area contributed by atoms with Crippen molar-refractivity contribution in [3.05, 3.63) is 168 Å². The molecule has 3 aromatic heterocycles. The van der Waals surface area contributed by atoms with Gasteiger partial charge in [-0.3, -0.25) is 0 Å². The normalized spacial score (nSPS) is 12.1. The zero-order valence-electron chi connectivity index (χ0n) is 27.4. The van der Waals surface area contributed by atoms with E-state index in [1.807, 2.05) is 24.3 Å². The molecule has 5 heteroatoms. The largest absolute Gasteiger partial charge is 0.494 e. The summed E-state index contributed by atoms with van der Waals surface area (Å²) in [5.41, 5.74) is 15.4. The van der Waals surface area contributed by atoms with Gasteiger partial charge in [0.1, 0.15) is 11.5 Å². The van der Waals surface area contributed by atoms with Gasteiger partial charge in [0.25, 0.3) is 0 Å². The molecule has 0 saturated heterocycles. The standard InChI is InChI=1S/C45H32N4O/c1-50-40-28-39-43(31-18-10-4-11-19-31)37-25-24-35(47-37)41(29-14-6-2-7-15-29)33-22-23-34(46-33)42(30-16-8-3-9-17-30)36-26-27-38(48-36)44(45(40)49-39)32-20-12-5-13-21-32/h2-28,47-48H,1H3. The van der Waals surface area contributed by atoms with Gasteiger partial charge in [-0.25, -0.2) is 9.97 Å². The molecule has 5 nitrogen and oxygen atoms in total. The summed E-state index contributed by atoms with van der Waals surface area (Å²) in [5.74, 6) is 0.699. The van der Waals surface area contributed by atoms with E-state index in [-0.39, 0.29) is 0 Å². The molecule has 0 spiro atoms. The third-order valence-corrected chi connectivity index (χ3v) is 9.30. The first-order chi connectivity index (χ1) is 24.7. The molecular weight excluding hydrogens is 613 g/mol. The van der Waals surface area contributed by atoms with Crippen LogP contribution in [0.15, 0.2) is 146 Å². The molecule has 2 aliphatic heterocycles. The molecule has 0 amide bonds. The second-order valence-corrected chi connectivity index (χ2v) is 12.3. The van der Waals surface area contributed by atoms with Crippen LogP contribution in [-0.4, -0.2) is 27.0 Å². The van der Waals surface area contributed by atoms with Crippen molar-refractivity contribution >= 4 is 46.1 Å². The maximum atomic E-state index is 6.11. The van der Waals surface area contributed by atoms with Gasteiger partial charge in [-0.05, 0) is 58.7 Å². The van der Waals surface area contributed by atoms with Gasteiger partial charge >= 0.3 is 0 Å². The van der Waals surface area contributed by atoms with Crippen LogP contribution in [0.4, 0.5) is 0 Å². The van der Waals surface area contributed by atoms with Crippen LogP contribution >= 0.6 is 0 Å². The number of benzene rings is 4. The Morgan fingerprint density at radius 2 is 0.760 bits per heavy atom. The van der Waals surface area contributed by atoms with Crippen LogP contribution in [0.2, 0.25) is 0 Å². The van der Waals surface area contributed by atoms with E-state index in [4.69, 9.17) is 14.7 Å². The Morgan fingerprint density at radius 3 is 1.16 bits per heavy atom. The number of aromatic amines is 2. The molecule has 7 aromatic rings. The molecule has 2 aliphatic rings. The van der Waals surface area contributed by atoms with E-state index in [2.05, 4.69) is 150 Å². The van der Waals surface area contributed by atoms with Gasteiger partial charge in [0.2, 0.25) is 0 Å². The van der Waals surface area contributed by atoms with Gasteiger partial charge in [0.05, 0.1) is 24.2 Å². The summed E-state index contributed by atoms with van der Waals surface area (Å²) in [4.78, 5) is 18.3. The molecule has 0 aliphatic carbocycles. The topological polar surface area (TPSA) is 66.6 Å². The molecule has 8 bridgehead atoms. The van der Waals surface area contributed by atoms with E-state index in [1.165, 1.54) is 0 Å². The summed E-state index contributed by atoms with van der Waals surface area (Å²) in [6, 6.07) is 50.3. The summed E-state index contributed by atoms with van der Waals surface area (Å²) in [6.45, 7) is 0. The number of nitrogens with zero attached hydrogens (tertiary/aromatic N) is 2. The highest BCUT2D eigenvalue weighted by Crippen LogP contribution is 2.40. The Morgan fingerprint density at radius 1 is 0.400 bits per heavy atom. The van der Waals surface area contributed by atoms with Crippen molar-refractivity contribution in [1.29, 1.82) is 0 Å². The molecule has 0 fully saturated rings. The Bertz CT molecular complexity index is 2600. The number of aromatic nitrogens is 4. The molecule has 0 radical (unpaired) electrons. The SMILES string of the molecule is COC1=Cc2nc1c(-c1ccccc1)c1ccc([nH]1)c(-c1ccccc1)c1nc(c(-c3ccccc3)c3ccc([nH]3)c2-c2ccccc2)C=C1. The van der Waals surface area contributed by atoms with Gasteiger partial charge in [-0.1, -0.05) is 121 Å². The Balaban J connectivity index is 1.51. The quantitative estimate of drug-likeness (QED) is 0.196. The number of fused-ring (bicyclic) bond motifs is 8. The number of H-pyrrole nitrogens is 2. The Labute approximate surface area is 290 Å². The fraction of sp³-hybridized carbons (Fsp3) is 0.0222. The second kappa shape index (κ2) is 12.4. The number of nitrogens with one attached hydrogen (secondary N) is 2. The average Bonchev–Trinajstić information content (AvgIpc) is 4.00. The van der Waals surface area contributed by atoms with Crippen molar-refractivity contribution in [2.45, 2.75) is 0 Å². The third kappa shape index (κ3) is 5.13. The molecule has 2 N–H and O–H groups in total. The van der Waals surface area contributed by atoms with E-state index in [0.29, 0.717) is 5.76 Å². The lowest BCUT2D eigenvalue weighted by atomic mass is 10.0. The summed E-state index contributed by atoms with van der Waals surface area (Å²) in [5, 5.41) is 0. The molecular formula is C45H32N4O. The van der Waals surface area contributed by atoms with Crippen molar-refractivity contribution < 1.29 is 4.74 Å². The monoisotopic (exact) mass is 644 g/mol. The Kier molecular flexibility index (Phi) is 7.29. The van der Waals surface area contributed by atoms with Gasteiger partial charge in [0.15, 0.2) is 0 Å². The molecule has 0 unspecified atom stereocenters. The van der Waals surface area contributed by atoms with Gasteiger partial charge in [-0.2, -0.15) is 0 Å². The minimum atomic E-state index is 0.699. The van der Waals surface area contributed by atoms with Crippen molar-refractivity contribution in [2.75, 3.05) is 7.11 Å². The van der Waals surface area contributed by atoms with Crippen molar-refractivity contribution in [3.63, 3.8) is 0 Å². The van der Waals surface area contributed by atoms with Gasteiger partial charge in [-0.15, -0.1) is 0 Å². The number of rotatable bonds is 5. The van der Waals surface area contributed by atoms with E-state index < -0.39 is 0 Å². The zero-order valence-corrected chi connectivity index (χ0v) is 27.4. The molecule has 4 aromatic carbocycles. The van der Waals surface area contributed by atoms with Crippen LogP contribution in [0.25, 0.3) is 90.6 Å². The smallest absolute Gasteiger partial charge is 0.147 e. The minimum Gasteiger partial charge on any atom is -0.494 e. The lowest BCUT2D eigenvalue weighted by Gasteiger charge is -2.08. The van der Waals surface area contributed by atoms with Crippen molar-refractivity contribution in [2.24, 2.45) is 0 Å².